The smallest absolute Gasteiger partial charge is 0.120 e. The van der Waals surface area contributed by atoms with Crippen LogP contribution in [0.2, 0.25) is 0 Å². The van der Waals surface area contributed by atoms with E-state index in [0.717, 1.165) is 37.1 Å². The number of pyridine rings is 1. The molecule has 5 saturated heterocycles. The first-order chi connectivity index (χ1) is 20.2. The lowest BCUT2D eigenvalue weighted by molar-refractivity contribution is 0.181. The number of hydrogen-bond acceptors (Lipinski definition) is 8. The summed E-state index contributed by atoms with van der Waals surface area (Å²) in [5.41, 5.74) is 1.25. The van der Waals surface area contributed by atoms with Crippen LogP contribution in [0.3, 0.4) is 0 Å². The average molecular weight is 656 g/mol. The standard InChI is InChI=1S/C10H15N3.C6H14N2.C6H14NS.C6H13N.C5H11N.3CH4/c1-12-5-7-13(8-6-12)10-3-2-4-11-9-10;2*1-7-3-5-8(2)6-4-7;1-7-5-3-2-4-6-7;1-6-4-2-3-5-6;;;/h2-4,9H,5-8H2,1H3;2*3-6H2,1-2H3;2-6H2,1H3;2-5H2,1H3;3*1H4/q;;+1;;;;;. The number of piperidine rings is 1. The minimum atomic E-state index is 0. The van der Waals surface area contributed by atoms with E-state index in [1.807, 2.05) is 18.5 Å². The van der Waals surface area contributed by atoms with E-state index in [0.29, 0.717) is 0 Å². The van der Waals surface area contributed by atoms with Gasteiger partial charge in [-0.2, -0.15) is 0 Å². The van der Waals surface area contributed by atoms with Gasteiger partial charge in [0.2, 0.25) is 0 Å². The number of likely N-dealkylation sites (N-methyl/N-ethyl adjacent to an activating group) is 3. The molecule has 5 fully saturated rings. The van der Waals surface area contributed by atoms with Gasteiger partial charge in [-0.1, -0.05) is 28.7 Å². The van der Waals surface area contributed by atoms with Gasteiger partial charge in [0.15, 0.2) is 0 Å². The summed E-state index contributed by atoms with van der Waals surface area (Å²) >= 11 is 0. The summed E-state index contributed by atoms with van der Waals surface area (Å²) in [5, 5.41) is 0. The van der Waals surface area contributed by atoms with E-state index in [2.05, 4.69) is 93.9 Å². The van der Waals surface area contributed by atoms with Crippen molar-refractivity contribution in [2.45, 2.75) is 54.4 Å². The van der Waals surface area contributed by atoms with Crippen LogP contribution in [0.25, 0.3) is 0 Å². The third-order valence-electron chi connectivity index (χ3n) is 8.79. The Morgan fingerprint density at radius 3 is 1.16 bits per heavy atom. The highest BCUT2D eigenvalue weighted by Gasteiger charge is 2.18. The Bertz CT molecular complexity index is 697. The maximum atomic E-state index is 4.12. The Kier molecular flexibility index (Phi) is 28.8. The van der Waals surface area contributed by atoms with Gasteiger partial charge in [0.05, 0.1) is 18.1 Å². The molecule has 1 aromatic heterocycles. The van der Waals surface area contributed by atoms with Crippen LogP contribution in [0.15, 0.2) is 24.5 Å². The average Bonchev–Trinajstić information content (AvgIpc) is 3.50. The molecule has 1 aromatic rings. The number of hydrogen-bond donors (Lipinski definition) is 0. The van der Waals surface area contributed by atoms with Gasteiger partial charge in [0.25, 0.3) is 0 Å². The molecule has 5 aliphatic rings. The van der Waals surface area contributed by atoms with Crippen LogP contribution >= 0.6 is 0 Å². The topological polar surface area (TPSA) is 35.6 Å². The molecule has 0 unspecified atom stereocenters. The van der Waals surface area contributed by atoms with Crippen molar-refractivity contribution < 1.29 is 0 Å². The summed E-state index contributed by atoms with van der Waals surface area (Å²) in [6, 6.07) is 4.12. The number of piperazine rings is 2. The molecule has 0 aliphatic carbocycles. The molecule has 0 atom stereocenters. The molecule has 45 heavy (non-hydrogen) atoms. The first kappa shape index (κ1) is 46.2. The van der Waals surface area contributed by atoms with E-state index in [1.165, 1.54) is 115 Å². The molecule has 0 amide bonds. The molecule has 0 saturated carbocycles. The molecular weight excluding hydrogens is 577 g/mol. The van der Waals surface area contributed by atoms with Gasteiger partial charge >= 0.3 is 0 Å². The third kappa shape index (κ3) is 23.1. The highest BCUT2D eigenvalue weighted by molar-refractivity contribution is 7.96. The van der Waals surface area contributed by atoms with Crippen LogP contribution in [0.5, 0.6) is 0 Å². The van der Waals surface area contributed by atoms with Crippen molar-refractivity contribution in [1.29, 1.82) is 0 Å². The van der Waals surface area contributed by atoms with Gasteiger partial charge in [0, 0.05) is 71.6 Å². The number of aromatic nitrogens is 1. The normalized spacial score (nSPS) is 22.2. The second kappa shape index (κ2) is 28.1. The Balaban J connectivity index is 0. The molecule has 5 aliphatic heterocycles. The van der Waals surface area contributed by atoms with E-state index in [9.17, 15) is 0 Å². The van der Waals surface area contributed by atoms with Gasteiger partial charge < -0.3 is 29.4 Å². The predicted molar refractivity (Wildman–Crippen MR) is 208 cm³/mol. The molecule has 0 N–H and O–H groups in total. The molecule has 6 rings (SSSR count). The van der Waals surface area contributed by atoms with Crippen LogP contribution in [-0.2, 0) is 10.9 Å². The van der Waals surface area contributed by atoms with Gasteiger partial charge in [-0.3, -0.25) is 9.88 Å². The SMILES string of the molecule is C.C.C.CN1CCCC1.CN1CCCCC1.CN1CCN(C)CC1.CN1CCN(c2cccnc2)CC1.CN1CC[S+](C)CC1. The molecule has 0 bridgehead atoms. The third-order valence-corrected chi connectivity index (χ3v) is 10.6. The Morgan fingerprint density at radius 2 is 0.844 bits per heavy atom. The first-order valence-electron chi connectivity index (χ1n) is 16.6. The zero-order chi connectivity index (χ0) is 30.6. The van der Waals surface area contributed by atoms with Crippen LogP contribution in [0, 0.1) is 0 Å². The van der Waals surface area contributed by atoms with Crippen molar-refractivity contribution in [3.05, 3.63) is 24.5 Å². The highest BCUT2D eigenvalue weighted by Crippen LogP contribution is 2.13. The monoisotopic (exact) mass is 656 g/mol. The van der Waals surface area contributed by atoms with E-state index < -0.39 is 0 Å². The van der Waals surface area contributed by atoms with E-state index >= 15 is 0 Å². The lowest BCUT2D eigenvalue weighted by Gasteiger charge is -2.33. The lowest BCUT2D eigenvalue weighted by atomic mass is 10.1. The van der Waals surface area contributed by atoms with Crippen molar-refractivity contribution in [2.75, 3.05) is 157 Å². The molecule has 268 valence electrons. The summed E-state index contributed by atoms with van der Waals surface area (Å²) in [6.07, 6.45) is 13.2. The Hall–Kier alpha value is -0.940. The zero-order valence-corrected chi connectivity index (χ0v) is 29.5. The van der Waals surface area contributed by atoms with Crippen molar-refractivity contribution >= 4 is 16.6 Å². The minimum absolute atomic E-state index is 0. The summed E-state index contributed by atoms with van der Waals surface area (Å²) < 4.78 is 0. The maximum absolute atomic E-state index is 4.12. The predicted octanol–water partition coefficient (Wildman–Crippen LogP) is 4.60. The van der Waals surface area contributed by atoms with Crippen LogP contribution in [0.1, 0.15) is 54.4 Å². The maximum Gasteiger partial charge on any atom is 0.120 e. The molecule has 6 heterocycles. The van der Waals surface area contributed by atoms with E-state index in [-0.39, 0.29) is 22.3 Å². The second-order valence-electron chi connectivity index (χ2n) is 13.0. The Morgan fingerprint density at radius 1 is 0.489 bits per heavy atom. The van der Waals surface area contributed by atoms with Crippen molar-refractivity contribution in [3.63, 3.8) is 0 Å². The summed E-state index contributed by atoms with van der Waals surface area (Å²) in [4.78, 5) is 20.7. The van der Waals surface area contributed by atoms with Gasteiger partial charge in [-0.15, -0.1) is 0 Å². The van der Waals surface area contributed by atoms with Gasteiger partial charge in [-0.05, 0) is 117 Å². The fourth-order valence-corrected chi connectivity index (χ4v) is 6.73. The number of rotatable bonds is 1. The molecular formula is C36H79N8S+. The first-order valence-corrected chi connectivity index (χ1v) is 18.6. The summed E-state index contributed by atoms with van der Waals surface area (Å²) in [6.45, 7) is 17.4. The number of likely N-dealkylation sites (tertiary alicyclic amines) is 2. The molecule has 0 aromatic carbocycles. The van der Waals surface area contributed by atoms with Crippen LogP contribution in [-0.4, -0.2) is 186 Å². The Labute approximate surface area is 285 Å². The minimum Gasteiger partial charge on any atom is -0.368 e. The van der Waals surface area contributed by atoms with E-state index in [1.54, 1.807) is 0 Å². The molecule has 0 spiro atoms. The van der Waals surface area contributed by atoms with Gasteiger partial charge in [-0.25, -0.2) is 0 Å². The van der Waals surface area contributed by atoms with Crippen LogP contribution < -0.4 is 4.90 Å². The van der Waals surface area contributed by atoms with Crippen molar-refractivity contribution in [3.8, 4) is 0 Å². The fourth-order valence-electron chi connectivity index (χ4n) is 5.28. The second-order valence-corrected chi connectivity index (χ2v) is 15.4. The van der Waals surface area contributed by atoms with E-state index in [4.69, 9.17) is 0 Å². The zero-order valence-electron chi connectivity index (χ0n) is 28.6. The highest BCUT2D eigenvalue weighted by atomic mass is 32.2. The van der Waals surface area contributed by atoms with Gasteiger partial charge in [0.1, 0.15) is 11.5 Å². The summed E-state index contributed by atoms with van der Waals surface area (Å²) in [7, 11) is 13.8. The molecule has 9 heteroatoms. The lowest BCUT2D eigenvalue weighted by Crippen LogP contribution is -2.44. The number of anilines is 1. The largest absolute Gasteiger partial charge is 0.368 e. The van der Waals surface area contributed by atoms with Crippen molar-refractivity contribution in [1.82, 2.24) is 34.4 Å². The quantitative estimate of drug-likeness (QED) is 0.407. The fraction of sp³-hybridized carbons (Fsp3) is 0.861. The molecule has 0 radical (unpaired) electrons. The number of nitrogens with zero attached hydrogens (tertiary/aromatic N) is 8. The van der Waals surface area contributed by atoms with Crippen molar-refractivity contribution in [2.24, 2.45) is 0 Å². The van der Waals surface area contributed by atoms with Crippen LogP contribution in [0.4, 0.5) is 5.69 Å². The molecule has 8 nitrogen and oxygen atoms in total. The summed E-state index contributed by atoms with van der Waals surface area (Å²) in [5.74, 6) is 2.85.